The molecule has 0 spiro atoms. The summed E-state index contributed by atoms with van der Waals surface area (Å²) in [5, 5.41) is 9.22. The Morgan fingerprint density at radius 3 is 2.44 bits per heavy atom. The lowest BCUT2D eigenvalue weighted by Crippen LogP contribution is -2.42. The van der Waals surface area contributed by atoms with Gasteiger partial charge in [0, 0.05) is 31.7 Å². The van der Waals surface area contributed by atoms with E-state index in [9.17, 15) is 23.1 Å². The molecular weight excluding hydrogens is 368 g/mol. The molecule has 1 amide bonds. The number of benzene rings is 1. The van der Waals surface area contributed by atoms with Crippen molar-refractivity contribution in [1.82, 2.24) is 9.21 Å². The molecule has 0 bridgehead atoms. The monoisotopic (exact) mass is 394 g/mol. The van der Waals surface area contributed by atoms with Gasteiger partial charge in [0.15, 0.2) is 0 Å². The van der Waals surface area contributed by atoms with Gasteiger partial charge in [-0.1, -0.05) is 12.5 Å². The molecule has 1 aromatic rings. The molecule has 0 radical (unpaired) electrons. The average Bonchev–Trinajstić information content (AvgIpc) is 2.68. The van der Waals surface area contributed by atoms with Gasteiger partial charge in [-0.25, -0.2) is 8.42 Å². The Kier molecular flexibility index (Phi) is 5.86. The zero-order valence-corrected chi connectivity index (χ0v) is 16.4. The van der Waals surface area contributed by atoms with Crippen LogP contribution >= 0.6 is 0 Å². The van der Waals surface area contributed by atoms with Crippen molar-refractivity contribution in [1.29, 1.82) is 0 Å². The Balaban J connectivity index is 1.86. The minimum absolute atomic E-state index is 0.163. The van der Waals surface area contributed by atoms with E-state index in [-0.39, 0.29) is 17.3 Å². The van der Waals surface area contributed by atoms with Crippen LogP contribution in [0.4, 0.5) is 0 Å². The number of hydrogen-bond acceptors (Lipinski definition) is 4. The predicted octanol–water partition coefficient (Wildman–Crippen LogP) is 2.11. The first-order valence-corrected chi connectivity index (χ1v) is 10.9. The normalized spacial score (nSPS) is 21.8. The summed E-state index contributed by atoms with van der Waals surface area (Å²) < 4.78 is 27.5. The number of likely N-dealkylation sites (tertiary alicyclic amines) is 1. The number of piperidine rings is 2. The van der Waals surface area contributed by atoms with Crippen molar-refractivity contribution < 1.29 is 23.1 Å². The van der Waals surface area contributed by atoms with Gasteiger partial charge in [-0.2, -0.15) is 4.31 Å². The van der Waals surface area contributed by atoms with Crippen molar-refractivity contribution in [3.8, 4) is 0 Å². The molecule has 0 saturated carbocycles. The molecule has 8 heteroatoms. The van der Waals surface area contributed by atoms with Crippen LogP contribution in [0.2, 0.25) is 0 Å². The van der Waals surface area contributed by atoms with Crippen molar-refractivity contribution in [3.63, 3.8) is 0 Å². The van der Waals surface area contributed by atoms with Crippen LogP contribution in [0.1, 0.15) is 48.0 Å². The quantitative estimate of drug-likeness (QED) is 0.844. The zero-order valence-electron chi connectivity index (χ0n) is 15.6. The average molecular weight is 394 g/mol. The first-order valence-electron chi connectivity index (χ1n) is 9.43. The van der Waals surface area contributed by atoms with Gasteiger partial charge in [0.1, 0.15) is 0 Å². The lowest BCUT2D eigenvalue weighted by Gasteiger charge is -2.31. The number of amides is 1. The van der Waals surface area contributed by atoms with Gasteiger partial charge in [-0.3, -0.25) is 9.59 Å². The maximum absolute atomic E-state index is 13.0. The van der Waals surface area contributed by atoms with Crippen molar-refractivity contribution in [2.45, 2.75) is 43.9 Å². The van der Waals surface area contributed by atoms with Crippen LogP contribution < -0.4 is 0 Å². The van der Waals surface area contributed by atoms with E-state index in [4.69, 9.17) is 0 Å². The second-order valence-electron chi connectivity index (χ2n) is 7.37. The zero-order chi connectivity index (χ0) is 19.6. The Hall–Kier alpha value is -1.93. The number of carbonyl (C=O) groups excluding carboxylic acids is 1. The number of hydrogen-bond donors (Lipinski definition) is 1. The van der Waals surface area contributed by atoms with Gasteiger partial charge in [0.25, 0.3) is 5.91 Å². The van der Waals surface area contributed by atoms with E-state index < -0.39 is 21.9 Å². The highest BCUT2D eigenvalue weighted by atomic mass is 32.2. The molecule has 27 heavy (non-hydrogen) atoms. The number of rotatable bonds is 4. The van der Waals surface area contributed by atoms with E-state index in [1.807, 2.05) is 0 Å². The van der Waals surface area contributed by atoms with Crippen molar-refractivity contribution in [2.75, 3.05) is 26.2 Å². The molecule has 1 atom stereocenters. The largest absolute Gasteiger partial charge is 0.481 e. The number of aliphatic carboxylic acids is 1. The number of carbonyl (C=O) groups is 2. The Labute approximate surface area is 160 Å². The van der Waals surface area contributed by atoms with Gasteiger partial charge in [0.2, 0.25) is 10.0 Å². The Morgan fingerprint density at radius 1 is 1.07 bits per heavy atom. The Bertz CT molecular complexity index is 831. The molecule has 1 aromatic carbocycles. The summed E-state index contributed by atoms with van der Waals surface area (Å²) in [6.45, 7) is 3.39. The van der Waals surface area contributed by atoms with Crippen LogP contribution in [0.15, 0.2) is 23.1 Å². The van der Waals surface area contributed by atoms with Crippen LogP contribution in [0, 0.1) is 12.8 Å². The van der Waals surface area contributed by atoms with Gasteiger partial charge < -0.3 is 10.0 Å². The molecule has 0 aromatic heterocycles. The van der Waals surface area contributed by atoms with E-state index in [0.29, 0.717) is 43.6 Å². The molecule has 2 heterocycles. The van der Waals surface area contributed by atoms with E-state index in [0.717, 1.165) is 19.3 Å². The van der Waals surface area contributed by atoms with Crippen molar-refractivity contribution in [2.24, 2.45) is 5.92 Å². The molecule has 148 valence electrons. The van der Waals surface area contributed by atoms with Crippen LogP contribution in [-0.2, 0) is 14.8 Å². The second-order valence-corrected chi connectivity index (χ2v) is 9.28. The standard InChI is InChI=1S/C19H26N2O5S/c1-14-7-8-15(18(22)20-9-5-6-16(13-20)19(23)24)12-17(14)27(25,26)21-10-3-2-4-11-21/h7-8,12,16H,2-6,9-11,13H2,1H3,(H,23,24)/t16-/m0/s1. The summed E-state index contributed by atoms with van der Waals surface area (Å²) in [7, 11) is -3.64. The number of sulfonamides is 1. The maximum Gasteiger partial charge on any atom is 0.308 e. The topological polar surface area (TPSA) is 95.0 Å². The maximum atomic E-state index is 13.0. The summed E-state index contributed by atoms with van der Waals surface area (Å²) in [5.74, 6) is -1.77. The number of aryl methyl sites for hydroxylation is 1. The first kappa shape index (κ1) is 19.8. The number of carboxylic acids is 1. The summed E-state index contributed by atoms with van der Waals surface area (Å²) >= 11 is 0. The predicted molar refractivity (Wildman–Crippen MR) is 100 cm³/mol. The molecule has 3 rings (SSSR count). The van der Waals surface area contributed by atoms with E-state index >= 15 is 0 Å². The molecule has 2 aliphatic heterocycles. The minimum atomic E-state index is -3.64. The Morgan fingerprint density at radius 2 is 1.78 bits per heavy atom. The van der Waals surface area contributed by atoms with E-state index in [1.165, 1.54) is 15.3 Å². The lowest BCUT2D eigenvalue weighted by molar-refractivity contribution is -0.143. The van der Waals surface area contributed by atoms with Gasteiger partial charge in [-0.15, -0.1) is 0 Å². The molecule has 7 nitrogen and oxygen atoms in total. The summed E-state index contributed by atoms with van der Waals surface area (Å²) in [4.78, 5) is 25.8. The van der Waals surface area contributed by atoms with Gasteiger partial charge in [0.05, 0.1) is 10.8 Å². The molecule has 2 fully saturated rings. The molecule has 1 N–H and O–H groups in total. The molecular formula is C19H26N2O5S. The molecule has 0 aliphatic carbocycles. The minimum Gasteiger partial charge on any atom is -0.481 e. The van der Waals surface area contributed by atoms with Crippen LogP contribution in [0.5, 0.6) is 0 Å². The number of nitrogens with zero attached hydrogens (tertiary/aromatic N) is 2. The third-order valence-corrected chi connectivity index (χ3v) is 7.47. The third kappa shape index (κ3) is 4.16. The highest BCUT2D eigenvalue weighted by Crippen LogP contribution is 2.26. The smallest absolute Gasteiger partial charge is 0.308 e. The van der Waals surface area contributed by atoms with Crippen LogP contribution in [0.3, 0.4) is 0 Å². The summed E-state index contributed by atoms with van der Waals surface area (Å²) in [6, 6.07) is 4.73. The molecule has 2 aliphatic rings. The van der Waals surface area contributed by atoms with Crippen LogP contribution in [0.25, 0.3) is 0 Å². The summed E-state index contributed by atoms with van der Waals surface area (Å²) in [5.41, 5.74) is 0.904. The molecule has 2 saturated heterocycles. The summed E-state index contributed by atoms with van der Waals surface area (Å²) in [6.07, 6.45) is 3.92. The van der Waals surface area contributed by atoms with E-state index in [1.54, 1.807) is 19.1 Å². The van der Waals surface area contributed by atoms with Crippen molar-refractivity contribution >= 4 is 21.9 Å². The van der Waals surface area contributed by atoms with Gasteiger partial charge >= 0.3 is 5.97 Å². The lowest BCUT2D eigenvalue weighted by atomic mass is 9.97. The first-order chi connectivity index (χ1) is 12.8. The number of carboxylic acid groups (broad SMARTS) is 1. The fraction of sp³-hybridized carbons (Fsp3) is 0.579. The highest BCUT2D eigenvalue weighted by Gasteiger charge is 2.31. The molecule has 0 unspecified atom stereocenters. The highest BCUT2D eigenvalue weighted by molar-refractivity contribution is 7.89. The van der Waals surface area contributed by atoms with Crippen LogP contribution in [-0.4, -0.2) is 60.8 Å². The third-order valence-electron chi connectivity index (χ3n) is 5.43. The SMILES string of the molecule is Cc1ccc(C(=O)N2CCC[C@H](C(=O)O)C2)cc1S(=O)(=O)N1CCCCC1. The fourth-order valence-corrected chi connectivity index (χ4v) is 5.57. The van der Waals surface area contributed by atoms with Crippen molar-refractivity contribution in [3.05, 3.63) is 29.3 Å². The van der Waals surface area contributed by atoms with E-state index in [2.05, 4.69) is 0 Å². The second kappa shape index (κ2) is 7.98. The van der Waals surface area contributed by atoms with Gasteiger partial charge in [-0.05, 0) is 50.3 Å². The fourth-order valence-electron chi connectivity index (χ4n) is 3.80.